The molecular weight excluding hydrogens is 513 g/mol. The average molecular weight is 529 g/mol. The number of nitrogens with zero attached hydrogens (tertiary/aromatic N) is 2. The van der Waals surface area contributed by atoms with E-state index in [-0.39, 0.29) is 21.5 Å². The average Bonchev–Trinajstić information content (AvgIpc) is 3.14. The normalized spacial score (nSPS) is 16.8. The van der Waals surface area contributed by atoms with Gasteiger partial charge >= 0.3 is 0 Å². The molecule has 2 amide bonds. The van der Waals surface area contributed by atoms with Crippen molar-refractivity contribution in [1.82, 2.24) is 0 Å². The Labute approximate surface area is 215 Å². The van der Waals surface area contributed by atoms with Crippen molar-refractivity contribution in [2.24, 2.45) is 0 Å². The zero-order valence-electron chi connectivity index (χ0n) is 17.5. The molecule has 0 spiro atoms. The van der Waals surface area contributed by atoms with Crippen molar-refractivity contribution >= 4 is 69.8 Å². The van der Waals surface area contributed by atoms with E-state index in [1.807, 2.05) is 30.3 Å². The molecule has 3 aromatic carbocycles. The van der Waals surface area contributed by atoms with Crippen LogP contribution in [0, 0.1) is 11.3 Å². The standard InChI is InChI=1S/C25H16Cl3N3O2S/c26-19-9-5-4-6-15(19)12-22-24(33)31(17-7-2-1-3-8-17)25(34-22)18(14-29)23(32)30-16-10-11-20(27)21(28)13-16/h1-11,13,22H,12H2,(H,30,32)/b25-18-/t22-/m0/s1. The fourth-order valence-electron chi connectivity index (χ4n) is 3.43. The lowest BCUT2D eigenvalue weighted by Crippen LogP contribution is -2.30. The van der Waals surface area contributed by atoms with Crippen LogP contribution in [0.1, 0.15) is 5.56 Å². The maximum absolute atomic E-state index is 13.5. The Morgan fingerprint density at radius 3 is 2.35 bits per heavy atom. The van der Waals surface area contributed by atoms with Crippen LogP contribution in [0.3, 0.4) is 0 Å². The van der Waals surface area contributed by atoms with Crippen molar-refractivity contribution in [2.45, 2.75) is 11.7 Å². The largest absolute Gasteiger partial charge is 0.321 e. The van der Waals surface area contributed by atoms with Gasteiger partial charge in [-0.25, -0.2) is 0 Å². The number of carbonyl (C=O) groups is 2. The van der Waals surface area contributed by atoms with E-state index in [9.17, 15) is 14.9 Å². The molecule has 5 nitrogen and oxygen atoms in total. The smallest absolute Gasteiger partial charge is 0.269 e. The highest BCUT2D eigenvalue weighted by molar-refractivity contribution is 8.05. The van der Waals surface area contributed by atoms with E-state index < -0.39 is 11.2 Å². The first-order valence-corrected chi connectivity index (χ1v) is 12.1. The Morgan fingerprint density at radius 1 is 0.971 bits per heavy atom. The highest BCUT2D eigenvalue weighted by Crippen LogP contribution is 2.42. The van der Waals surface area contributed by atoms with E-state index in [2.05, 4.69) is 5.32 Å². The molecule has 1 heterocycles. The first-order chi connectivity index (χ1) is 16.4. The quantitative estimate of drug-likeness (QED) is 0.295. The predicted octanol–water partition coefficient (Wildman–Crippen LogP) is 6.71. The van der Waals surface area contributed by atoms with Crippen molar-refractivity contribution < 1.29 is 9.59 Å². The Balaban J connectivity index is 1.72. The first kappa shape index (κ1) is 24.2. The zero-order chi connectivity index (χ0) is 24.2. The Bertz CT molecular complexity index is 1340. The number of hydrogen-bond acceptors (Lipinski definition) is 4. The summed E-state index contributed by atoms with van der Waals surface area (Å²) >= 11 is 19.5. The van der Waals surface area contributed by atoms with Gasteiger partial charge < -0.3 is 5.32 Å². The van der Waals surface area contributed by atoms with Crippen molar-refractivity contribution in [2.75, 3.05) is 10.2 Å². The molecule has 0 unspecified atom stereocenters. The lowest BCUT2D eigenvalue weighted by molar-refractivity contribution is -0.117. The lowest BCUT2D eigenvalue weighted by Gasteiger charge is -2.18. The highest BCUT2D eigenvalue weighted by atomic mass is 35.5. The van der Waals surface area contributed by atoms with Gasteiger partial charge in [-0.05, 0) is 48.4 Å². The molecule has 1 aliphatic rings. The van der Waals surface area contributed by atoms with Crippen LogP contribution in [-0.4, -0.2) is 17.1 Å². The highest BCUT2D eigenvalue weighted by Gasteiger charge is 2.41. The molecule has 1 fully saturated rings. The number of carbonyl (C=O) groups excluding carboxylic acids is 2. The van der Waals surface area contributed by atoms with Crippen LogP contribution >= 0.6 is 46.6 Å². The molecule has 1 aliphatic heterocycles. The fraction of sp³-hybridized carbons (Fsp3) is 0.0800. The van der Waals surface area contributed by atoms with Crippen molar-refractivity contribution in [3.63, 3.8) is 0 Å². The number of benzene rings is 3. The van der Waals surface area contributed by atoms with Crippen molar-refractivity contribution in [1.29, 1.82) is 5.26 Å². The molecule has 0 bridgehead atoms. The second kappa shape index (κ2) is 10.5. The summed E-state index contributed by atoms with van der Waals surface area (Å²) in [6.45, 7) is 0. The monoisotopic (exact) mass is 527 g/mol. The summed E-state index contributed by atoms with van der Waals surface area (Å²) in [7, 11) is 0. The number of hydrogen-bond donors (Lipinski definition) is 1. The summed E-state index contributed by atoms with van der Waals surface area (Å²) < 4.78 is 0. The van der Waals surface area contributed by atoms with Gasteiger partial charge in [-0.1, -0.05) is 83.0 Å². The summed E-state index contributed by atoms with van der Waals surface area (Å²) in [4.78, 5) is 28.0. The molecule has 170 valence electrons. The van der Waals surface area contributed by atoms with Gasteiger partial charge in [0.1, 0.15) is 16.7 Å². The van der Waals surface area contributed by atoms with E-state index in [0.29, 0.717) is 27.8 Å². The van der Waals surface area contributed by atoms with E-state index in [4.69, 9.17) is 34.8 Å². The van der Waals surface area contributed by atoms with Gasteiger partial charge in [0.2, 0.25) is 5.91 Å². The molecule has 3 aromatic rings. The van der Waals surface area contributed by atoms with Gasteiger partial charge in [0.15, 0.2) is 0 Å². The van der Waals surface area contributed by atoms with Crippen LogP contribution < -0.4 is 10.2 Å². The fourth-order valence-corrected chi connectivity index (χ4v) is 5.24. The third-order valence-electron chi connectivity index (χ3n) is 5.06. The van der Waals surface area contributed by atoms with Gasteiger partial charge in [0, 0.05) is 16.4 Å². The number of amides is 2. The predicted molar refractivity (Wildman–Crippen MR) is 138 cm³/mol. The number of nitriles is 1. The molecule has 1 saturated heterocycles. The number of thioether (sulfide) groups is 1. The van der Waals surface area contributed by atoms with E-state index in [1.54, 1.807) is 42.5 Å². The summed E-state index contributed by atoms with van der Waals surface area (Å²) in [6, 6.07) is 22.8. The Kier molecular flexibility index (Phi) is 7.50. The summed E-state index contributed by atoms with van der Waals surface area (Å²) in [5.41, 5.74) is 1.56. The second-order valence-corrected chi connectivity index (χ2v) is 9.70. The molecular formula is C25H16Cl3N3O2S. The first-order valence-electron chi connectivity index (χ1n) is 10.1. The number of anilines is 2. The van der Waals surface area contributed by atoms with Crippen LogP contribution in [0.2, 0.25) is 15.1 Å². The number of nitrogens with one attached hydrogen (secondary N) is 1. The van der Waals surface area contributed by atoms with Crippen molar-refractivity contribution in [3.8, 4) is 6.07 Å². The summed E-state index contributed by atoms with van der Waals surface area (Å²) in [5.74, 6) is -0.892. The molecule has 1 N–H and O–H groups in total. The Hall–Kier alpha value is -2.95. The molecule has 34 heavy (non-hydrogen) atoms. The molecule has 1 atom stereocenters. The minimum Gasteiger partial charge on any atom is -0.321 e. The number of halogens is 3. The second-order valence-electron chi connectivity index (χ2n) is 7.29. The van der Waals surface area contributed by atoms with E-state index in [1.165, 1.54) is 22.7 Å². The maximum atomic E-state index is 13.5. The van der Waals surface area contributed by atoms with Crippen LogP contribution in [-0.2, 0) is 16.0 Å². The van der Waals surface area contributed by atoms with Gasteiger partial charge in [-0.15, -0.1) is 0 Å². The SMILES string of the molecule is N#C/C(C(=O)Nc1ccc(Cl)c(Cl)c1)=C1/S[C@@H](Cc2ccccc2Cl)C(=O)N1c1ccccc1. The minimum atomic E-state index is -0.657. The summed E-state index contributed by atoms with van der Waals surface area (Å²) in [6.07, 6.45) is 0.350. The number of rotatable bonds is 5. The van der Waals surface area contributed by atoms with Crippen molar-refractivity contribution in [3.05, 3.63) is 104 Å². The van der Waals surface area contributed by atoms with Crippen LogP contribution in [0.4, 0.5) is 11.4 Å². The zero-order valence-corrected chi connectivity index (χ0v) is 20.6. The molecule has 0 aliphatic carbocycles. The molecule has 9 heteroatoms. The summed E-state index contributed by atoms with van der Waals surface area (Å²) in [5, 5.41) is 13.4. The molecule has 4 rings (SSSR count). The lowest BCUT2D eigenvalue weighted by atomic mass is 10.1. The molecule has 0 aromatic heterocycles. The third-order valence-corrected chi connectivity index (χ3v) is 7.43. The van der Waals surface area contributed by atoms with Crippen LogP contribution in [0.15, 0.2) is 83.4 Å². The van der Waals surface area contributed by atoms with Crippen LogP contribution in [0.5, 0.6) is 0 Å². The number of para-hydroxylation sites is 1. The minimum absolute atomic E-state index is 0.185. The van der Waals surface area contributed by atoms with Crippen LogP contribution in [0.25, 0.3) is 0 Å². The molecule has 0 saturated carbocycles. The topological polar surface area (TPSA) is 73.2 Å². The van der Waals surface area contributed by atoms with E-state index >= 15 is 0 Å². The van der Waals surface area contributed by atoms with E-state index in [0.717, 1.165) is 5.56 Å². The Morgan fingerprint density at radius 2 is 1.68 bits per heavy atom. The molecule has 0 radical (unpaired) electrons. The van der Waals surface area contributed by atoms with Gasteiger partial charge in [0.05, 0.1) is 15.3 Å². The maximum Gasteiger partial charge on any atom is 0.269 e. The van der Waals surface area contributed by atoms with Gasteiger partial charge in [-0.2, -0.15) is 5.26 Å². The van der Waals surface area contributed by atoms with Gasteiger partial charge in [-0.3, -0.25) is 14.5 Å². The third kappa shape index (κ3) is 5.08. The van der Waals surface area contributed by atoms with Gasteiger partial charge in [0.25, 0.3) is 5.91 Å².